The van der Waals surface area contributed by atoms with E-state index in [9.17, 15) is 24.0 Å². The molecular formula is C54H68N8O6S2. The molecule has 3 aromatic carbocycles. The third kappa shape index (κ3) is 12.8. The maximum absolute atomic E-state index is 14.1. The fourth-order valence-corrected chi connectivity index (χ4v) is 10.4. The summed E-state index contributed by atoms with van der Waals surface area (Å²) in [7, 11) is 1.82. The van der Waals surface area contributed by atoms with E-state index in [-0.39, 0.29) is 42.1 Å². The highest BCUT2D eigenvalue weighted by Gasteiger charge is 2.50. The van der Waals surface area contributed by atoms with Gasteiger partial charge in [0.25, 0.3) is 5.91 Å². The van der Waals surface area contributed by atoms with Crippen LogP contribution in [0.1, 0.15) is 102 Å². The molecule has 3 atom stereocenters. The van der Waals surface area contributed by atoms with Gasteiger partial charge in [0.1, 0.15) is 24.2 Å². The Morgan fingerprint density at radius 3 is 2.31 bits per heavy atom. The van der Waals surface area contributed by atoms with Crippen molar-refractivity contribution >= 4 is 75.3 Å². The molecule has 1 aromatic heterocycles. The maximum atomic E-state index is 14.1. The van der Waals surface area contributed by atoms with E-state index in [0.29, 0.717) is 68.4 Å². The Morgan fingerprint density at radius 1 is 0.986 bits per heavy atom. The third-order valence-electron chi connectivity index (χ3n) is 13.2. The van der Waals surface area contributed by atoms with Gasteiger partial charge in [-0.2, -0.15) is 0 Å². The molecule has 14 nitrogen and oxygen atoms in total. The van der Waals surface area contributed by atoms with Crippen LogP contribution in [0.3, 0.4) is 0 Å². The first-order chi connectivity index (χ1) is 33.2. The van der Waals surface area contributed by atoms with Crippen LogP contribution in [0.2, 0.25) is 0 Å². The molecule has 3 heterocycles. The zero-order valence-electron chi connectivity index (χ0n) is 42.1. The molecule has 4 aromatic rings. The SMILES string of the molecule is [C-]#[N+]c1ccc(N2C(=O)C(C)(C)N(c3ccc(CCCC(=O)N(C)CCCCCOCC(=O)N[C@H](C(=O)N4C[C@H](C)C[C@H]4C(=O)NCc4ccc(-c5scnc5C)cc4)C(C)(C)C)cc3)C2=S)cc1C. The Bertz CT molecular complexity index is 2580. The van der Waals surface area contributed by atoms with Gasteiger partial charge in [-0.05, 0) is 136 Å². The van der Waals surface area contributed by atoms with E-state index in [0.717, 1.165) is 57.8 Å². The highest BCUT2D eigenvalue weighted by Crippen LogP contribution is 2.38. The smallest absolute Gasteiger partial charge is 0.259 e. The molecule has 0 spiro atoms. The minimum Gasteiger partial charge on any atom is -0.372 e. The minimum atomic E-state index is -0.912. The number of amides is 5. The molecule has 0 radical (unpaired) electrons. The highest BCUT2D eigenvalue weighted by molar-refractivity contribution is 7.81. The van der Waals surface area contributed by atoms with Crippen molar-refractivity contribution in [3.05, 3.63) is 106 Å². The summed E-state index contributed by atoms with van der Waals surface area (Å²) in [6.07, 6.45) is 4.70. The lowest BCUT2D eigenvalue weighted by molar-refractivity contribution is -0.144. The van der Waals surface area contributed by atoms with Gasteiger partial charge in [-0.1, -0.05) is 70.2 Å². The zero-order valence-corrected chi connectivity index (χ0v) is 43.7. The van der Waals surface area contributed by atoms with E-state index < -0.39 is 23.0 Å². The number of carbonyl (C=O) groups excluding carboxylic acids is 5. The summed E-state index contributed by atoms with van der Waals surface area (Å²) in [5.74, 6) is -0.815. The van der Waals surface area contributed by atoms with Crippen molar-refractivity contribution in [2.75, 3.05) is 43.2 Å². The molecule has 2 saturated heterocycles. The van der Waals surface area contributed by atoms with Crippen molar-refractivity contribution in [3.8, 4) is 10.4 Å². The molecule has 0 unspecified atom stereocenters. The maximum Gasteiger partial charge on any atom is 0.259 e. The second kappa shape index (κ2) is 23.3. The van der Waals surface area contributed by atoms with Crippen LogP contribution >= 0.6 is 23.6 Å². The number of thiazole rings is 1. The predicted molar refractivity (Wildman–Crippen MR) is 281 cm³/mol. The fraction of sp³-hybridized carbons (Fsp3) is 0.481. The lowest BCUT2D eigenvalue weighted by Gasteiger charge is -2.35. The number of ether oxygens (including phenoxy) is 1. The van der Waals surface area contributed by atoms with Crippen molar-refractivity contribution in [1.29, 1.82) is 0 Å². The van der Waals surface area contributed by atoms with Crippen molar-refractivity contribution in [1.82, 2.24) is 25.4 Å². The van der Waals surface area contributed by atoms with Gasteiger partial charge in [0.2, 0.25) is 23.6 Å². The largest absolute Gasteiger partial charge is 0.372 e. The quantitative estimate of drug-likeness (QED) is 0.0503. The Balaban J connectivity index is 0.871. The summed E-state index contributed by atoms with van der Waals surface area (Å²) in [5, 5.41) is 6.33. The van der Waals surface area contributed by atoms with Crippen LogP contribution in [0, 0.1) is 31.8 Å². The van der Waals surface area contributed by atoms with Crippen molar-refractivity contribution in [2.24, 2.45) is 11.3 Å². The lowest BCUT2D eigenvalue weighted by atomic mass is 9.85. The van der Waals surface area contributed by atoms with Gasteiger partial charge in [-0.15, -0.1) is 11.3 Å². The van der Waals surface area contributed by atoms with Crippen molar-refractivity contribution < 1.29 is 28.7 Å². The summed E-state index contributed by atoms with van der Waals surface area (Å²) < 4.78 is 5.72. The molecule has 70 heavy (non-hydrogen) atoms. The average Bonchev–Trinajstić information content (AvgIpc) is 3.99. The normalized spacial score (nSPS) is 17.1. The summed E-state index contributed by atoms with van der Waals surface area (Å²) in [4.78, 5) is 83.2. The highest BCUT2D eigenvalue weighted by atomic mass is 32.1. The van der Waals surface area contributed by atoms with E-state index in [1.54, 1.807) is 38.2 Å². The molecular weight excluding hydrogens is 921 g/mol. The molecule has 0 aliphatic carbocycles. The molecule has 0 bridgehead atoms. The first-order valence-corrected chi connectivity index (χ1v) is 25.4. The van der Waals surface area contributed by atoms with E-state index in [1.165, 1.54) is 0 Å². The number of anilines is 2. The summed E-state index contributed by atoms with van der Waals surface area (Å²) in [5.41, 5.74) is 7.16. The lowest BCUT2D eigenvalue weighted by Crippen LogP contribution is -2.58. The first kappa shape index (κ1) is 53.3. The second-order valence-corrected chi connectivity index (χ2v) is 21.5. The van der Waals surface area contributed by atoms with E-state index in [4.69, 9.17) is 23.5 Å². The molecule has 372 valence electrons. The number of nitrogens with one attached hydrogen (secondary N) is 2. The number of carbonyl (C=O) groups is 5. The van der Waals surface area contributed by atoms with Gasteiger partial charge < -0.3 is 30.1 Å². The van der Waals surface area contributed by atoms with Gasteiger partial charge in [0, 0.05) is 51.1 Å². The van der Waals surface area contributed by atoms with Gasteiger partial charge in [-0.3, -0.25) is 28.9 Å². The number of hydrogen-bond acceptors (Lipinski definition) is 9. The Kier molecular flexibility index (Phi) is 17.7. The van der Waals surface area contributed by atoms with Crippen LogP contribution in [0.15, 0.2) is 72.2 Å². The molecule has 2 fully saturated rings. The van der Waals surface area contributed by atoms with E-state index in [2.05, 4.69) is 20.5 Å². The third-order valence-corrected chi connectivity index (χ3v) is 14.5. The van der Waals surface area contributed by atoms with Crippen LogP contribution in [0.4, 0.5) is 17.1 Å². The van der Waals surface area contributed by atoms with Crippen molar-refractivity contribution in [2.45, 2.75) is 125 Å². The van der Waals surface area contributed by atoms with Crippen LogP contribution < -0.4 is 20.4 Å². The molecule has 5 amide bonds. The molecule has 6 rings (SSSR count). The molecule has 2 aliphatic heterocycles. The zero-order chi connectivity index (χ0) is 50.9. The minimum absolute atomic E-state index is 0.0782. The second-order valence-electron chi connectivity index (χ2n) is 20.2. The fourth-order valence-electron chi connectivity index (χ4n) is 9.04. The molecule has 2 N–H and O–H groups in total. The van der Waals surface area contributed by atoms with Gasteiger partial charge in [0.05, 0.1) is 22.7 Å². The van der Waals surface area contributed by atoms with Gasteiger partial charge in [-0.25, -0.2) is 9.83 Å². The molecule has 2 aliphatic rings. The van der Waals surface area contributed by atoms with Crippen LogP contribution in [-0.2, 0) is 41.7 Å². The summed E-state index contributed by atoms with van der Waals surface area (Å²) >= 11 is 7.44. The number of likely N-dealkylation sites (tertiary alicyclic amines) is 1. The number of unbranched alkanes of at least 4 members (excludes halogenated alkanes) is 2. The molecule has 16 heteroatoms. The Hall–Kier alpha value is -6.02. The average molecular weight is 989 g/mol. The number of hydrogen-bond donors (Lipinski definition) is 2. The standard InChI is InChI=1S/C54H68N8O6S2/c1-35-29-44(49(65)56-31-39-17-21-40(22-18-39)47-37(3)57-34-70-47)60(32-35)50(66)48(53(4,5)6)58-45(63)33-68-28-13-11-12-27-59(10)46(64)16-14-15-38-19-23-41(24-20-38)62-52(69)61(51(67)54(62,7)8)42-25-26-43(55-9)36(2)30-42/h17-26,30,34-35,44,48H,11-16,27-29,31-33H2,1-8,10H3,(H,56,65)(H,58,63)/t35-,44+,48-/m1/s1. The predicted octanol–water partition coefficient (Wildman–Crippen LogP) is 8.95. The first-order valence-electron chi connectivity index (χ1n) is 24.2. The van der Waals surface area contributed by atoms with E-state index in [1.807, 2.05) is 127 Å². The number of aromatic nitrogens is 1. The number of nitrogens with zero attached hydrogens (tertiary/aromatic N) is 6. The van der Waals surface area contributed by atoms with Crippen molar-refractivity contribution in [3.63, 3.8) is 0 Å². The Morgan fingerprint density at radius 2 is 1.67 bits per heavy atom. The number of rotatable bonds is 20. The Labute approximate surface area is 423 Å². The topological polar surface area (TPSA) is 149 Å². The van der Waals surface area contributed by atoms with Gasteiger partial charge >= 0.3 is 0 Å². The summed E-state index contributed by atoms with van der Waals surface area (Å²) in [6.45, 7) is 24.2. The molecule has 0 saturated carbocycles. The monoisotopic (exact) mass is 988 g/mol. The van der Waals surface area contributed by atoms with Crippen LogP contribution in [-0.4, -0.2) is 100 Å². The van der Waals surface area contributed by atoms with Crippen LogP contribution in [0.5, 0.6) is 0 Å². The number of benzene rings is 3. The number of aryl methyl sites for hydroxylation is 3. The van der Waals surface area contributed by atoms with E-state index >= 15 is 0 Å². The van der Waals surface area contributed by atoms with Crippen LogP contribution in [0.25, 0.3) is 15.3 Å². The summed E-state index contributed by atoms with van der Waals surface area (Å²) in [6, 6.07) is 19.8. The van der Waals surface area contributed by atoms with Gasteiger partial charge in [0.15, 0.2) is 10.8 Å². The number of thiocarbonyl (C=S) groups is 1.